The molecule has 0 atom stereocenters. The number of furan rings is 1. The van der Waals surface area contributed by atoms with Crippen LogP contribution >= 0.6 is 0 Å². The Hall–Kier alpha value is -3.10. The Morgan fingerprint density at radius 1 is 1.12 bits per heavy atom. The monoisotopic (exact) mass is 332 g/mol. The lowest BCUT2D eigenvalue weighted by Gasteiger charge is -2.34. The van der Waals surface area contributed by atoms with E-state index in [1.165, 1.54) is 22.0 Å². The first-order valence-corrected chi connectivity index (χ1v) is 7.36. The minimum atomic E-state index is -1.24. The highest BCUT2D eigenvalue weighted by atomic mass is 16.4. The second kappa shape index (κ2) is 6.19. The van der Waals surface area contributed by atoms with Crippen LogP contribution in [0.25, 0.3) is 0 Å². The van der Waals surface area contributed by atoms with Crippen LogP contribution in [0, 0.1) is 0 Å². The predicted octanol–water partition coefficient (Wildman–Crippen LogP) is 0.310. The van der Waals surface area contributed by atoms with Gasteiger partial charge in [-0.2, -0.15) is 5.10 Å². The molecular formula is C15H16N4O5. The van der Waals surface area contributed by atoms with Crippen LogP contribution in [0.15, 0.2) is 29.0 Å². The molecule has 2 aromatic heterocycles. The molecule has 0 aromatic carbocycles. The number of carbonyl (C=O) groups is 3. The number of aromatic carboxylic acids is 1. The van der Waals surface area contributed by atoms with Crippen molar-refractivity contribution in [2.24, 2.45) is 7.05 Å². The van der Waals surface area contributed by atoms with E-state index in [9.17, 15) is 14.4 Å². The van der Waals surface area contributed by atoms with Gasteiger partial charge in [0.15, 0.2) is 11.5 Å². The van der Waals surface area contributed by atoms with E-state index in [0.717, 1.165) is 0 Å². The molecule has 1 aliphatic heterocycles. The van der Waals surface area contributed by atoms with E-state index in [4.69, 9.17) is 9.52 Å². The second-order valence-electron chi connectivity index (χ2n) is 5.43. The summed E-state index contributed by atoms with van der Waals surface area (Å²) in [5.74, 6) is -1.61. The molecule has 0 saturated carbocycles. The van der Waals surface area contributed by atoms with Crippen molar-refractivity contribution in [1.82, 2.24) is 19.6 Å². The standard InChI is InChI=1S/C15H16N4O5/c1-17-9-10(12(16-17)15(22)23)13(20)18-4-6-19(7-5-18)14(21)11-3-2-8-24-11/h2-3,8-9H,4-7H2,1H3,(H,22,23). The Bertz CT molecular complexity index is 772. The fourth-order valence-electron chi connectivity index (χ4n) is 2.64. The van der Waals surface area contributed by atoms with Gasteiger partial charge in [-0.3, -0.25) is 14.3 Å². The van der Waals surface area contributed by atoms with Crippen LogP contribution in [0.3, 0.4) is 0 Å². The van der Waals surface area contributed by atoms with E-state index < -0.39 is 11.9 Å². The molecule has 1 N–H and O–H groups in total. The van der Waals surface area contributed by atoms with Gasteiger partial charge in [0.2, 0.25) is 0 Å². The van der Waals surface area contributed by atoms with Gasteiger partial charge in [0, 0.05) is 39.4 Å². The summed E-state index contributed by atoms with van der Waals surface area (Å²) in [6, 6.07) is 3.23. The van der Waals surface area contributed by atoms with Crippen LogP contribution in [0.4, 0.5) is 0 Å². The van der Waals surface area contributed by atoms with Gasteiger partial charge in [0.1, 0.15) is 0 Å². The molecule has 0 aliphatic carbocycles. The summed E-state index contributed by atoms with van der Waals surface area (Å²) in [6.07, 6.45) is 2.83. The fourth-order valence-corrected chi connectivity index (χ4v) is 2.64. The van der Waals surface area contributed by atoms with E-state index >= 15 is 0 Å². The van der Waals surface area contributed by atoms with Crippen LogP contribution < -0.4 is 0 Å². The number of nitrogens with zero attached hydrogens (tertiary/aromatic N) is 4. The Morgan fingerprint density at radius 3 is 2.29 bits per heavy atom. The van der Waals surface area contributed by atoms with Crippen molar-refractivity contribution in [3.63, 3.8) is 0 Å². The summed E-state index contributed by atoms with van der Waals surface area (Å²) in [5, 5.41) is 12.9. The summed E-state index contributed by atoms with van der Waals surface area (Å²) < 4.78 is 6.39. The van der Waals surface area contributed by atoms with Crippen LogP contribution in [0.5, 0.6) is 0 Å². The van der Waals surface area contributed by atoms with Crippen molar-refractivity contribution in [2.45, 2.75) is 0 Å². The highest BCUT2D eigenvalue weighted by Gasteiger charge is 2.29. The molecule has 1 fully saturated rings. The molecule has 1 saturated heterocycles. The van der Waals surface area contributed by atoms with E-state index in [2.05, 4.69) is 5.10 Å². The van der Waals surface area contributed by atoms with Gasteiger partial charge < -0.3 is 19.3 Å². The summed E-state index contributed by atoms with van der Waals surface area (Å²) in [5.41, 5.74) is -0.215. The molecule has 0 radical (unpaired) electrons. The first-order valence-electron chi connectivity index (χ1n) is 7.36. The fraction of sp³-hybridized carbons (Fsp3) is 0.333. The summed E-state index contributed by atoms with van der Waals surface area (Å²) in [6.45, 7) is 1.35. The van der Waals surface area contributed by atoms with E-state index in [1.807, 2.05) is 0 Å². The van der Waals surface area contributed by atoms with Crippen molar-refractivity contribution in [3.8, 4) is 0 Å². The minimum absolute atomic E-state index is 0.0517. The van der Waals surface area contributed by atoms with E-state index in [0.29, 0.717) is 26.2 Å². The number of aromatic nitrogens is 2. The third kappa shape index (κ3) is 2.87. The smallest absolute Gasteiger partial charge is 0.357 e. The predicted molar refractivity (Wildman–Crippen MR) is 80.7 cm³/mol. The van der Waals surface area contributed by atoms with Gasteiger partial charge in [-0.25, -0.2) is 4.79 Å². The van der Waals surface area contributed by atoms with Crippen LogP contribution in [-0.4, -0.2) is 68.6 Å². The maximum Gasteiger partial charge on any atom is 0.357 e. The molecule has 9 heteroatoms. The largest absolute Gasteiger partial charge is 0.476 e. The molecule has 0 unspecified atom stereocenters. The van der Waals surface area contributed by atoms with Gasteiger partial charge >= 0.3 is 5.97 Å². The highest BCUT2D eigenvalue weighted by Crippen LogP contribution is 2.14. The summed E-state index contributed by atoms with van der Waals surface area (Å²) in [7, 11) is 1.56. The average molecular weight is 332 g/mol. The number of carbonyl (C=O) groups excluding carboxylic acids is 2. The number of aryl methyl sites for hydroxylation is 1. The van der Waals surface area contributed by atoms with Gasteiger partial charge in [-0.05, 0) is 12.1 Å². The Balaban J connectivity index is 1.67. The number of rotatable bonds is 3. The van der Waals surface area contributed by atoms with E-state index in [1.54, 1.807) is 24.1 Å². The quantitative estimate of drug-likeness (QED) is 0.866. The second-order valence-corrected chi connectivity index (χ2v) is 5.43. The zero-order chi connectivity index (χ0) is 17.3. The van der Waals surface area contributed by atoms with Crippen molar-refractivity contribution in [3.05, 3.63) is 41.6 Å². The van der Waals surface area contributed by atoms with Crippen molar-refractivity contribution in [2.75, 3.05) is 26.2 Å². The third-order valence-electron chi connectivity index (χ3n) is 3.85. The molecule has 126 valence electrons. The number of carboxylic acids is 1. The number of piperazine rings is 1. The lowest BCUT2D eigenvalue weighted by molar-refractivity contribution is 0.0515. The minimum Gasteiger partial charge on any atom is -0.476 e. The first-order chi connectivity index (χ1) is 11.5. The van der Waals surface area contributed by atoms with E-state index in [-0.39, 0.29) is 22.9 Å². The maximum absolute atomic E-state index is 12.5. The van der Waals surface area contributed by atoms with Gasteiger partial charge in [-0.15, -0.1) is 0 Å². The first kappa shape index (κ1) is 15.8. The maximum atomic E-state index is 12.5. The van der Waals surface area contributed by atoms with Crippen LogP contribution in [0.2, 0.25) is 0 Å². The topological polar surface area (TPSA) is 109 Å². The molecule has 3 rings (SSSR count). The average Bonchev–Trinajstić information content (AvgIpc) is 3.23. The van der Waals surface area contributed by atoms with Crippen LogP contribution in [-0.2, 0) is 7.05 Å². The highest BCUT2D eigenvalue weighted by molar-refractivity contribution is 6.03. The molecule has 1 aliphatic rings. The Morgan fingerprint density at radius 2 is 1.75 bits per heavy atom. The molecule has 0 spiro atoms. The number of hydrogen-bond acceptors (Lipinski definition) is 5. The van der Waals surface area contributed by atoms with Gasteiger partial charge in [0.05, 0.1) is 11.8 Å². The Labute approximate surface area is 137 Å². The molecule has 2 amide bonds. The summed E-state index contributed by atoms with van der Waals surface area (Å²) >= 11 is 0. The van der Waals surface area contributed by atoms with Crippen molar-refractivity contribution >= 4 is 17.8 Å². The molecule has 3 heterocycles. The SMILES string of the molecule is Cn1cc(C(=O)N2CCN(C(=O)c3ccco3)CC2)c(C(=O)O)n1. The molecule has 0 bridgehead atoms. The molecule has 24 heavy (non-hydrogen) atoms. The lowest BCUT2D eigenvalue weighted by atomic mass is 10.2. The van der Waals surface area contributed by atoms with Crippen LogP contribution in [0.1, 0.15) is 31.4 Å². The third-order valence-corrected chi connectivity index (χ3v) is 3.85. The zero-order valence-corrected chi connectivity index (χ0v) is 13.0. The number of carboxylic acid groups (broad SMARTS) is 1. The number of amides is 2. The van der Waals surface area contributed by atoms with Gasteiger partial charge in [0.25, 0.3) is 11.8 Å². The van der Waals surface area contributed by atoms with Crippen molar-refractivity contribution < 1.29 is 23.9 Å². The van der Waals surface area contributed by atoms with Crippen molar-refractivity contribution in [1.29, 1.82) is 0 Å². The molecular weight excluding hydrogens is 316 g/mol. The lowest BCUT2D eigenvalue weighted by Crippen LogP contribution is -2.50. The van der Waals surface area contributed by atoms with Gasteiger partial charge in [-0.1, -0.05) is 0 Å². The number of hydrogen-bond donors (Lipinski definition) is 1. The summed E-state index contributed by atoms with van der Waals surface area (Å²) in [4.78, 5) is 39.0. The normalized spacial score (nSPS) is 14.7. The molecule has 2 aromatic rings. The molecule has 9 nitrogen and oxygen atoms in total. The Kier molecular flexibility index (Phi) is 4.07. The zero-order valence-electron chi connectivity index (χ0n) is 13.0.